The number of aliphatic hydroxyl groups excluding tert-OH is 1. The molecule has 6 rings (SSSR count). The molecule has 2 N–H and O–H groups in total. The molecule has 0 amide bonds. The zero-order chi connectivity index (χ0) is 30.5. The second kappa shape index (κ2) is 9.44. The van der Waals surface area contributed by atoms with E-state index in [-0.39, 0.29) is 56.3 Å². The smallest absolute Gasteiger partial charge is 0.202 e. The molecule has 42 heavy (non-hydrogen) atoms. The Bertz CT molecular complexity index is 1770. The Hall–Kier alpha value is -3.63. The van der Waals surface area contributed by atoms with E-state index in [1.807, 2.05) is 45.0 Å². The third-order valence-corrected chi connectivity index (χ3v) is 9.49. The summed E-state index contributed by atoms with van der Waals surface area (Å²) in [6, 6.07) is 6.05. The average molecular weight is 574 g/mol. The SMILES string of the molecule is C/C=C\C1OC1(C)c1cc(=O)c2c(C)cc3c(c2o1)C(=O)c1c(ccc([C@H]2C[C@](C)(N(C)C)[C@H](O)[C@H](C)O2)c1O)C3=O. The van der Waals surface area contributed by atoms with Crippen LogP contribution in [-0.2, 0) is 15.1 Å². The zero-order valence-electron chi connectivity index (χ0n) is 24.8. The fraction of sp³-hybridized carbons (Fsp3) is 0.424. The van der Waals surface area contributed by atoms with Crippen molar-refractivity contribution in [1.29, 1.82) is 0 Å². The molecule has 3 aliphatic rings. The number of benzene rings is 2. The predicted octanol–water partition coefficient (Wildman–Crippen LogP) is 4.30. The molecule has 220 valence electrons. The third kappa shape index (κ3) is 3.87. The van der Waals surface area contributed by atoms with Crippen molar-refractivity contribution in [3.63, 3.8) is 0 Å². The first-order valence-corrected chi connectivity index (χ1v) is 14.1. The van der Waals surface area contributed by atoms with Gasteiger partial charge in [0.1, 0.15) is 23.2 Å². The quantitative estimate of drug-likeness (QED) is 0.271. The molecule has 0 bridgehead atoms. The fourth-order valence-electron chi connectivity index (χ4n) is 6.57. The number of fused-ring (bicyclic) bond motifs is 4. The van der Waals surface area contributed by atoms with Crippen LogP contribution in [0, 0.1) is 6.92 Å². The minimum Gasteiger partial charge on any atom is -0.507 e. The lowest BCUT2D eigenvalue weighted by Gasteiger charge is -2.49. The van der Waals surface area contributed by atoms with Gasteiger partial charge in [0.2, 0.25) is 5.78 Å². The van der Waals surface area contributed by atoms with Crippen molar-refractivity contribution in [3.8, 4) is 5.75 Å². The van der Waals surface area contributed by atoms with E-state index in [0.717, 1.165) is 0 Å². The number of rotatable bonds is 4. The Labute approximate surface area is 243 Å². The molecule has 0 radical (unpaired) electrons. The van der Waals surface area contributed by atoms with Gasteiger partial charge in [-0.25, -0.2) is 0 Å². The second-order valence-electron chi connectivity index (χ2n) is 12.3. The van der Waals surface area contributed by atoms with Crippen LogP contribution in [0.2, 0.25) is 0 Å². The number of phenolic OH excluding ortho intramolecular Hbond substituents is 1. The van der Waals surface area contributed by atoms with Crippen molar-refractivity contribution in [2.45, 2.75) is 76.6 Å². The number of hydrogen-bond donors (Lipinski definition) is 2. The Morgan fingerprint density at radius 2 is 1.76 bits per heavy atom. The van der Waals surface area contributed by atoms with Gasteiger partial charge in [-0.3, -0.25) is 14.4 Å². The molecule has 9 nitrogen and oxygen atoms in total. The maximum atomic E-state index is 14.2. The van der Waals surface area contributed by atoms with E-state index in [4.69, 9.17) is 13.9 Å². The van der Waals surface area contributed by atoms with Gasteiger partial charge in [0.05, 0.1) is 34.8 Å². The summed E-state index contributed by atoms with van der Waals surface area (Å²) in [4.78, 5) is 43.3. The van der Waals surface area contributed by atoms with Crippen LogP contribution in [-0.4, -0.2) is 64.6 Å². The van der Waals surface area contributed by atoms with E-state index in [0.29, 0.717) is 17.5 Å². The van der Waals surface area contributed by atoms with Crippen LogP contribution in [0.25, 0.3) is 11.0 Å². The summed E-state index contributed by atoms with van der Waals surface area (Å²) >= 11 is 0. The number of hydrogen-bond acceptors (Lipinski definition) is 9. The Kier molecular flexibility index (Phi) is 6.40. The largest absolute Gasteiger partial charge is 0.507 e. The molecule has 9 heteroatoms. The lowest BCUT2D eigenvalue weighted by molar-refractivity contribution is -0.176. The third-order valence-electron chi connectivity index (χ3n) is 9.49. The van der Waals surface area contributed by atoms with E-state index < -0.39 is 41.0 Å². The molecular formula is C33H35NO8. The maximum absolute atomic E-state index is 14.2. The van der Waals surface area contributed by atoms with Gasteiger partial charge in [-0.05, 0) is 72.8 Å². The molecule has 0 spiro atoms. The summed E-state index contributed by atoms with van der Waals surface area (Å²) in [7, 11) is 3.74. The molecule has 2 aromatic carbocycles. The van der Waals surface area contributed by atoms with Crippen LogP contribution in [0.3, 0.4) is 0 Å². The lowest BCUT2D eigenvalue weighted by atomic mass is 9.77. The Balaban J connectivity index is 1.52. The maximum Gasteiger partial charge on any atom is 0.202 e. The first-order valence-electron chi connectivity index (χ1n) is 14.1. The first-order chi connectivity index (χ1) is 19.7. The van der Waals surface area contributed by atoms with Crippen LogP contribution in [0.1, 0.15) is 88.9 Å². The van der Waals surface area contributed by atoms with Crippen LogP contribution in [0.15, 0.2) is 45.6 Å². The van der Waals surface area contributed by atoms with Crippen molar-refractivity contribution >= 4 is 22.5 Å². The van der Waals surface area contributed by atoms with Crippen molar-refractivity contribution in [2.24, 2.45) is 0 Å². The summed E-state index contributed by atoms with van der Waals surface area (Å²) in [6.07, 6.45) is 1.76. The highest BCUT2D eigenvalue weighted by Crippen LogP contribution is 2.49. The molecule has 6 atom stereocenters. The molecular weight excluding hydrogens is 538 g/mol. The number of ketones is 2. The van der Waals surface area contributed by atoms with E-state index in [2.05, 4.69) is 0 Å². The number of carbonyl (C=O) groups excluding carboxylic acids is 2. The molecule has 2 saturated heterocycles. The highest BCUT2D eigenvalue weighted by atomic mass is 16.6. The number of aliphatic hydroxyl groups is 1. The van der Waals surface area contributed by atoms with E-state index in [9.17, 15) is 24.6 Å². The minimum absolute atomic E-state index is 0.00287. The van der Waals surface area contributed by atoms with Crippen molar-refractivity contribution in [3.05, 3.63) is 85.8 Å². The van der Waals surface area contributed by atoms with Crippen molar-refractivity contribution in [1.82, 2.24) is 4.90 Å². The van der Waals surface area contributed by atoms with Crippen LogP contribution in [0.5, 0.6) is 5.75 Å². The number of aryl methyl sites for hydroxylation is 1. The highest BCUT2D eigenvalue weighted by molar-refractivity contribution is 6.32. The highest BCUT2D eigenvalue weighted by Gasteiger charge is 2.55. The van der Waals surface area contributed by atoms with Gasteiger partial charge in [-0.1, -0.05) is 18.2 Å². The fourth-order valence-corrected chi connectivity index (χ4v) is 6.57. The van der Waals surface area contributed by atoms with Gasteiger partial charge in [0.15, 0.2) is 16.8 Å². The van der Waals surface area contributed by atoms with Crippen LogP contribution < -0.4 is 5.43 Å². The lowest BCUT2D eigenvalue weighted by Crippen LogP contribution is -2.59. The molecule has 2 fully saturated rings. The number of likely N-dealkylation sites (N-methyl/N-ethyl adjacent to an activating group) is 1. The number of nitrogens with zero attached hydrogens (tertiary/aromatic N) is 1. The number of epoxide rings is 1. The summed E-state index contributed by atoms with van der Waals surface area (Å²) < 4.78 is 18.2. The topological polar surface area (TPSA) is 130 Å². The van der Waals surface area contributed by atoms with Crippen LogP contribution in [0.4, 0.5) is 0 Å². The monoisotopic (exact) mass is 573 g/mol. The standard InChI is InChI=1S/C33H35NO8/c1-8-9-22-33(5,42-22)23-13-20(35)24-15(2)12-19-26(30(24)41-23)29(38)25-18(27(19)36)11-10-17(28(25)37)21-14-32(4,34(6)7)31(39)16(3)40-21/h8-13,16,21-22,31,37,39H,14H2,1-7H3/b9-8-/t16-,21+,22?,31+,32-,33?/m0/s1. The summed E-state index contributed by atoms with van der Waals surface area (Å²) in [5.41, 5.74) is -1.08. The second-order valence-corrected chi connectivity index (χ2v) is 12.3. The molecule has 2 aliphatic heterocycles. The molecule has 0 saturated carbocycles. The molecule has 2 unspecified atom stereocenters. The average Bonchev–Trinajstić information content (AvgIpc) is 3.59. The number of allylic oxidation sites excluding steroid dienone is 1. The van der Waals surface area contributed by atoms with Gasteiger partial charge in [-0.15, -0.1) is 0 Å². The van der Waals surface area contributed by atoms with Gasteiger partial charge in [0.25, 0.3) is 0 Å². The number of phenols is 1. The van der Waals surface area contributed by atoms with Crippen LogP contribution >= 0.6 is 0 Å². The van der Waals surface area contributed by atoms with E-state index in [1.165, 1.54) is 18.2 Å². The van der Waals surface area contributed by atoms with Crippen molar-refractivity contribution < 1.29 is 33.7 Å². The molecule has 1 aromatic heterocycles. The van der Waals surface area contributed by atoms with Gasteiger partial charge in [-0.2, -0.15) is 0 Å². The Morgan fingerprint density at radius 3 is 2.43 bits per heavy atom. The normalized spacial score (nSPS) is 30.7. The number of ether oxygens (including phenoxy) is 2. The first kappa shape index (κ1) is 28.5. The molecule has 3 aromatic rings. The van der Waals surface area contributed by atoms with Gasteiger partial charge >= 0.3 is 0 Å². The van der Waals surface area contributed by atoms with Gasteiger partial charge < -0.3 is 29.0 Å². The minimum atomic E-state index is -0.885. The summed E-state index contributed by atoms with van der Waals surface area (Å²) in [6.45, 7) is 9.04. The van der Waals surface area contributed by atoms with Gasteiger partial charge in [0, 0.05) is 28.3 Å². The van der Waals surface area contributed by atoms with E-state index >= 15 is 0 Å². The summed E-state index contributed by atoms with van der Waals surface area (Å²) in [5.74, 6) is -1.17. The number of aromatic hydroxyl groups is 1. The van der Waals surface area contributed by atoms with Crippen molar-refractivity contribution in [2.75, 3.05) is 14.1 Å². The summed E-state index contributed by atoms with van der Waals surface area (Å²) in [5, 5.41) is 22.7. The predicted molar refractivity (Wildman–Crippen MR) is 155 cm³/mol. The van der Waals surface area contributed by atoms with E-state index in [1.54, 1.807) is 26.8 Å². The Morgan fingerprint density at radius 1 is 1.05 bits per heavy atom. The molecule has 3 heterocycles. The zero-order valence-corrected chi connectivity index (χ0v) is 24.8. The number of carbonyl (C=O) groups is 2. The molecule has 1 aliphatic carbocycles.